The summed E-state index contributed by atoms with van der Waals surface area (Å²) in [5, 5.41) is 113. The van der Waals surface area contributed by atoms with E-state index in [9.17, 15) is 69.6 Å². The normalized spacial score (nSPS) is 24.4. The molecule has 0 saturated carbocycles. The zero-order chi connectivity index (χ0) is 75.5. The number of rotatable bonds is 22. The van der Waals surface area contributed by atoms with Crippen molar-refractivity contribution in [3.05, 3.63) is 117 Å². The van der Waals surface area contributed by atoms with Crippen molar-refractivity contribution in [1.82, 2.24) is 42.5 Å². The number of primary amides is 1. The zero-order valence-corrected chi connectivity index (χ0v) is 58.8. The summed E-state index contributed by atoms with van der Waals surface area (Å²) in [5.74, 6) is -16.0. The van der Waals surface area contributed by atoms with Crippen LogP contribution in [-0.2, 0) is 52.6 Å². The molecule has 11 bridgehead atoms. The lowest BCUT2D eigenvalue weighted by Gasteiger charge is -2.42. The number of nitrogens with one attached hydrogen (secondary N) is 8. The molecule has 1 fully saturated rings. The highest BCUT2D eigenvalue weighted by molar-refractivity contribution is 6.32. The summed E-state index contributed by atoms with van der Waals surface area (Å²) in [5.41, 5.74) is 3.09. The van der Waals surface area contributed by atoms with E-state index in [-0.39, 0.29) is 58.7 Å². The lowest BCUT2D eigenvalue weighted by molar-refractivity contribution is -0.279. The first-order valence-corrected chi connectivity index (χ1v) is 34.6. The van der Waals surface area contributed by atoms with Crippen molar-refractivity contribution in [3.63, 3.8) is 0 Å². The average Bonchev–Trinajstić information content (AvgIpc) is 0.717. The average molecular weight is 1490 g/mol. The number of carbonyl (C=O) groups excluding carboxylic acids is 8. The number of hydrogen-bond donors (Lipinski definition) is 17. The summed E-state index contributed by atoms with van der Waals surface area (Å²) in [6.07, 6.45) is -5.99. The number of unbranched alkanes of at least 4 members (excludes halogenated alkanes) is 7. The fraction of sp³-hybridized carbons (Fsp3) is 0.451. The van der Waals surface area contributed by atoms with Crippen LogP contribution < -0.4 is 62.5 Å². The van der Waals surface area contributed by atoms with Gasteiger partial charge in [0.2, 0.25) is 59.3 Å². The Morgan fingerprint density at radius 1 is 0.654 bits per heavy atom. The summed E-state index contributed by atoms with van der Waals surface area (Å²) < 4.78 is 32.5. The SMILES string of the molecule is CCCCCCCCCCO[C@@H]1[C@@H](O)[C@H](Oc2c3cc4cc2Oc2ccc(cc2Cl)[C@@H](O)[C@@H](NC(=O)[C@@H](CC(C)C)NC)C(=O)N[C@@H](CC(N)=O)C(=O)N[C@H]4C(=O)N[C@H]2C(=O)N[C@H](C(=O)N[C@H](C(=O)O)c4cc(O)cc(O)c4-c4cc2ccc4O)[C@H](O)c2ccc(c(Cl)c2)O3)O[C@H](CNC(C)=O)[C@H]1O. The van der Waals surface area contributed by atoms with Gasteiger partial charge in [0, 0.05) is 42.8 Å². The van der Waals surface area contributed by atoms with Crippen molar-refractivity contribution in [1.29, 1.82) is 0 Å². The second-order valence-corrected chi connectivity index (χ2v) is 27.1. The second-order valence-electron chi connectivity index (χ2n) is 26.3. The van der Waals surface area contributed by atoms with Crippen LogP contribution in [0.25, 0.3) is 11.1 Å². The standard InChI is InChI=1S/C71H85Cl2N9O22/c1-6-7-8-9-10-11-12-13-20-100-63-60(90)50(30-76-32(4)83)103-71(61(63)91)104-62-48-25-36-26-49(62)102-47-19-16-35(24-41(47)73)59(89)57-69(97)80-55(70(98)99)39-27-37(84)28-45(86)52(39)38-22-33(14-17-44(38)85)53(66(94)82-57)79-67(95)54(36)78-65(93)43(29-51(74)87)77-68(96)56(81-64(92)42(75-5)21-31(2)3)58(88)34-15-18-46(101-48)40(72)23-34/h14-19,22-28,31,42-43,50,53-61,63,71,75,84-86,88-91H,6-13,20-21,29-30H2,1-5H3,(H2,74,87)(H,76,83)(H,77,96)(H,78,93)(H,79,95)(H,80,97)(H,81,92)(H,82,94)(H,98,99)/t42-,43+,50-,53-,54-,55+,56-,57+,58-,59-,60-,61-,63+,71+/m1/s1. The van der Waals surface area contributed by atoms with E-state index in [1.165, 1.54) is 32.2 Å². The van der Waals surface area contributed by atoms with E-state index < -0.39 is 207 Å². The maximum atomic E-state index is 16.0. The summed E-state index contributed by atoms with van der Waals surface area (Å²) in [4.78, 5) is 129. The van der Waals surface area contributed by atoms with Gasteiger partial charge in [0.25, 0.3) is 0 Å². The Morgan fingerprint density at radius 3 is 1.85 bits per heavy atom. The third kappa shape index (κ3) is 18.7. The monoisotopic (exact) mass is 1490 g/mol. The Bertz CT molecular complexity index is 4050. The number of nitrogens with two attached hydrogens (primary N) is 1. The minimum atomic E-state index is -2.30. The van der Waals surface area contributed by atoms with Crippen molar-refractivity contribution in [2.24, 2.45) is 11.7 Å². The molecule has 31 nitrogen and oxygen atoms in total. The number of phenols is 3. The van der Waals surface area contributed by atoms with Gasteiger partial charge in [-0.2, -0.15) is 0 Å². The van der Waals surface area contributed by atoms with Gasteiger partial charge in [0.05, 0.1) is 22.5 Å². The van der Waals surface area contributed by atoms with Crippen LogP contribution >= 0.6 is 23.2 Å². The number of amides is 8. The number of carboxylic acids is 1. The molecule has 11 rings (SSSR count). The van der Waals surface area contributed by atoms with E-state index in [0.717, 1.165) is 106 Å². The molecule has 0 unspecified atom stereocenters. The maximum absolute atomic E-state index is 16.0. The van der Waals surface area contributed by atoms with Crippen molar-refractivity contribution in [2.45, 2.75) is 177 Å². The molecular weight excluding hydrogens is 1400 g/mol. The van der Waals surface area contributed by atoms with Gasteiger partial charge in [-0.1, -0.05) is 107 Å². The molecule has 0 aromatic heterocycles. The number of aromatic hydroxyl groups is 3. The molecule has 14 atom stereocenters. The molecule has 1 saturated heterocycles. The van der Waals surface area contributed by atoms with Crippen LogP contribution in [0.5, 0.6) is 46.0 Å². The number of aliphatic hydroxyl groups excluding tert-OH is 4. The molecule has 6 aliphatic heterocycles. The van der Waals surface area contributed by atoms with Crippen molar-refractivity contribution in [3.8, 4) is 57.1 Å². The number of aliphatic hydroxyl groups is 4. The Hall–Kier alpha value is -9.57. The highest BCUT2D eigenvalue weighted by Gasteiger charge is 2.48. The first kappa shape index (κ1) is 78.6. The van der Waals surface area contributed by atoms with Crippen LogP contribution in [0.2, 0.25) is 10.0 Å². The van der Waals surface area contributed by atoms with Gasteiger partial charge in [-0.3, -0.25) is 38.4 Å². The van der Waals surface area contributed by atoms with Crippen molar-refractivity contribution < 1.29 is 108 Å². The van der Waals surface area contributed by atoms with Crippen LogP contribution in [0.4, 0.5) is 0 Å². The van der Waals surface area contributed by atoms with E-state index in [4.69, 9.17) is 52.6 Å². The van der Waals surface area contributed by atoms with Gasteiger partial charge in [-0.25, -0.2) is 4.79 Å². The molecule has 6 heterocycles. The molecular formula is C71H85Cl2N9O22. The number of ether oxygens (including phenoxy) is 5. The maximum Gasteiger partial charge on any atom is 0.330 e. The highest BCUT2D eigenvalue weighted by atomic mass is 35.5. The zero-order valence-electron chi connectivity index (χ0n) is 57.3. The minimum Gasteiger partial charge on any atom is -0.508 e. The predicted molar refractivity (Wildman–Crippen MR) is 371 cm³/mol. The van der Waals surface area contributed by atoms with E-state index in [2.05, 4.69) is 49.5 Å². The summed E-state index contributed by atoms with van der Waals surface area (Å²) in [7, 11) is 1.49. The smallest absolute Gasteiger partial charge is 0.330 e. The number of aliphatic carboxylic acids is 1. The van der Waals surface area contributed by atoms with E-state index >= 15 is 14.4 Å². The van der Waals surface area contributed by atoms with Crippen LogP contribution in [0.3, 0.4) is 0 Å². The molecule has 33 heteroatoms. The summed E-state index contributed by atoms with van der Waals surface area (Å²) >= 11 is 14.2. The first-order valence-electron chi connectivity index (χ1n) is 33.9. The fourth-order valence-corrected chi connectivity index (χ4v) is 13.1. The molecule has 18 N–H and O–H groups in total. The molecule has 560 valence electrons. The molecule has 8 amide bonds. The van der Waals surface area contributed by atoms with Gasteiger partial charge in [0.15, 0.2) is 17.5 Å². The largest absolute Gasteiger partial charge is 0.508 e. The first-order chi connectivity index (χ1) is 49.5. The molecule has 0 spiro atoms. The number of phenolic OH excluding ortho intramolecular Hbond substituents is 3. The lowest BCUT2D eigenvalue weighted by atomic mass is 9.89. The number of carbonyl (C=O) groups is 9. The Balaban J connectivity index is 1.29. The Kier molecular flexibility index (Phi) is 26.3. The molecule has 5 aromatic rings. The number of halogens is 2. The summed E-state index contributed by atoms with van der Waals surface area (Å²) in [6, 6.07) is -0.110. The third-order valence-electron chi connectivity index (χ3n) is 18.0. The van der Waals surface area contributed by atoms with Gasteiger partial charge >= 0.3 is 5.97 Å². The number of fused-ring (bicyclic) bond motifs is 15. The van der Waals surface area contributed by atoms with Gasteiger partial charge in [0.1, 0.15) is 95.6 Å². The fourth-order valence-electron chi connectivity index (χ4n) is 12.6. The van der Waals surface area contributed by atoms with E-state index in [0.29, 0.717) is 6.42 Å². The molecule has 104 heavy (non-hydrogen) atoms. The predicted octanol–water partition coefficient (Wildman–Crippen LogP) is 4.18. The second kappa shape index (κ2) is 34.8. The molecule has 0 aliphatic carbocycles. The Morgan fingerprint density at radius 2 is 1.25 bits per heavy atom. The van der Waals surface area contributed by atoms with E-state index in [1.807, 2.05) is 13.8 Å². The van der Waals surface area contributed by atoms with Gasteiger partial charge < -0.3 is 113 Å². The summed E-state index contributed by atoms with van der Waals surface area (Å²) in [6.45, 7) is 6.66. The number of hydrogen-bond acceptors (Lipinski definition) is 22. The molecule has 6 aliphatic rings. The molecule has 5 aromatic carbocycles. The lowest BCUT2D eigenvalue weighted by Crippen LogP contribution is -2.62. The number of benzene rings is 5. The van der Waals surface area contributed by atoms with Crippen LogP contribution in [0.15, 0.2) is 78.9 Å². The highest BCUT2D eigenvalue weighted by Crippen LogP contribution is 2.49. The van der Waals surface area contributed by atoms with Crippen LogP contribution in [-0.4, -0.2) is 169 Å². The van der Waals surface area contributed by atoms with Crippen molar-refractivity contribution >= 4 is 76.4 Å². The van der Waals surface area contributed by atoms with Crippen LogP contribution in [0, 0.1) is 5.92 Å². The molecule has 0 radical (unpaired) electrons. The number of likely N-dealkylation sites (N-methyl/N-ethyl adjacent to an activating group) is 1. The minimum absolute atomic E-state index is 0.0334. The quantitative estimate of drug-likeness (QED) is 0.0432. The van der Waals surface area contributed by atoms with Crippen molar-refractivity contribution in [2.75, 3.05) is 20.2 Å². The van der Waals surface area contributed by atoms with Crippen LogP contribution in [0.1, 0.15) is 150 Å². The van der Waals surface area contributed by atoms with E-state index in [1.54, 1.807) is 0 Å². The number of carboxylic acid groups (broad SMARTS) is 1. The van der Waals surface area contributed by atoms with Gasteiger partial charge in [-0.15, -0.1) is 0 Å². The topological polar surface area (TPSA) is 484 Å². The third-order valence-corrected chi connectivity index (χ3v) is 18.6. The van der Waals surface area contributed by atoms with Gasteiger partial charge in [-0.05, 0) is 103 Å². The Labute approximate surface area is 606 Å².